The Hall–Kier alpha value is -3.00. The predicted molar refractivity (Wildman–Crippen MR) is 194 cm³/mol. The zero-order chi connectivity index (χ0) is 32.8. The Morgan fingerprint density at radius 1 is 0.867 bits per heavy atom. The van der Waals surface area contributed by atoms with Crippen LogP contribution in [-0.2, 0) is 15.6 Å². The number of hydrogen-bond donors (Lipinski definition) is 0. The molecule has 0 saturated carbocycles. The molecule has 1 aliphatic carbocycles. The average Bonchev–Trinajstić information content (AvgIpc) is 3.34. The smallest absolute Gasteiger partial charge is 0.209 e. The van der Waals surface area contributed by atoms with E-state index in [0.717, 1.165) is 38.6 Å². The second kappa shape index (κ2) is 15.1. The van der Waals surface area contributed by atoms with Gasteiger partial charge in [-0.2, -0.15) is 4.58 Å². The standard InChI is InChI=1S/C43H60NO/c1-10-12-28-44-39-26-24-33(6)30-38(39)42(7,8)41(44)22-17-13-15-20-36-34(19-11-2)35-25-23-32(5)29-37(35)43(36,9)27-18-14-16-21-40(45)31(3)4/h13,15,17,20,22-26,29-31,34H,10-12,14,16,18-19,21,27-28H2,1-9H3/q+1/b15-13+,22-17+,36-20+. The summed E-state index contributed by atoms with van der Waals surface area (Å²) in [6, 6.07) is 14.1. The third kappa shape index (κ3) is 7.53. The van der Waals surface area contributed by atoms with E-state index < -0.39 is 0 Å². The third-order valence-corrected chi connectivity index (χ3v) is 10.5. The lowest BCUT2D eigenvalue weighted by Crippen LogP contribution is -2.27. The molecule has 2 aromatic carbocycles. The van der Waals surface area contributed by atoms with E-state index in [0.29, 0.717) is 11.7 Å². The first kappa shape index (κ1) is 34.9. The first-order valence-electron chi connectivity index (χ1n) is 17.9. The van der Waals surface area contributed by atoms with Crippen LogP contribution < -0.4 is 0 Å². The molecule has 45 heavy (non-hydrogen) atoms. The van der Waals surface area contributed by atoms with Crippen LogP contribution in [0.15, 0.2) is 72.4 Å². The van der Waals surface area contributed by atoms with Crippen LogP contribution >= 0.6 is 0 Å². The molecule has 0 radical (unpaired) electrons. The number of ketones is 1. The molecule has 0 amide bonds. The van der Waals surface area contributed by atoms with Gasteiger partial charge in [0.15, 0.2) is 5.71 Å². The van der Waals surface area contributed by atoms with Gasteiger partial charge in [0, 0.05) is 47.8 Å². The summed E-state index contributed by atoms with van der Waals surface area (Å²) in [7, 11) is 0. The van der Waals surface area contributed by atoms with E-state index >= 15 is 0 Å². The minimum Gasteiger partial charge on any atom is -0.299 e. The van der Waals surface area contributed by atoms with Gasteiger partial charge in [-0.3, -0.25) is 4.79 Å². The van der Waals surface area contributed by atoms with Crippen LogP contribution in [0.1, 0.15) is 140 Å². The fraction of sp³-hybridized carbons (Fsp3) is 0.535. The van der Waals surface area contributed by atoms with Gasteiger partial charge >= 0.3 is 0 Å². The lowest BCUT2D eigenvalue weighted by atomic mass is 9.74. The highest BCUT2D eigenvalue weighted by atomic mass is 16.1. The number of aryl methyl sites for hydroxylation is 2. The fourth-order valence-corrected chi connectivity index (χ4v) is 7.80. The number of hydrogen-bond acceptors (Lipinski definition) is 1. The summed E-state index contributed by atoms with van der Waals surface area (Å²) in [6.45, 7) is 21.3. The van der Waals surface area contributed by atoms with Crippen LogP contribution in [0.4, 0.5) is 5.69 Å². The van der Waals surface area contributed by atoms with Gasteiger partial charge in [-0.15, -0.1) is 0 Å². The number of rotatable bonds is 15. The second-order valence-corrected chi connectivity index (χ2v) is 14.8. The third-order valence-electron chi connectivity index (χ3n) is 10.5. The second-order valence-electron chi connectivity index (χ2n) is 14.8. The molecule has 0 N–H and O–H groups in total. The van der Waals surface area contributed by atoms with Gasteiger partial charge in [0.25, 0.3) is 0 Å². The van der Waals surface area contributed by atoms with Crippen LogP contribution in [0.2, 0.25) is 0 Å². The number of fused-ring (bicyclic) bond motifs is 2. The molecule has 2 nitrogen and oxygen atoms in total. The number of nitrogens with zero attached hydrogens (tertiary/aromatic N) is 1. The zero-order valence-electron chi connectivity index (χ0n) is 29.9. The lowest BCUT2D eigenvalue weighted by molar-refractivity contribution is -0.438. The van der Waals surface area contributed by atoms with Crippen molar-refractivity contribution >= 4 is 17.2 Å². The SMILES string of the molecule is CCCC[N+]1=C(/C=C/C=C/C=C2\C(CCC)c3ccc(C)cc3C2(C)CCCCCC(=O)C(C)C)C(C)(C)c2cc(C)ccc21. The van der Waals surface area contributed by atoms with Gasteiger partial charge in [-0.1, -0.05) is 126 Å². The molecule has 1 aliphatic heterocycles. The van der Waals surface area contributed by atoms with E-state index in [1.54, 1.807) is 5.57 Å². The summed E-state index contributed by atoms with van der Waals surface area (Å²) in [5.41, 5.74) is 11.5. The summed E-state index contributed by atoms with van der Waals surface area (Å²) >= 11 is 0. The van der Waals surface area contributed by atoms with Gasteiger partial charge in [-0.25, -0.2) is 0 Å². The van der Waals surface area contributed by atoms with Crippen LogP contribution in [0.25, 0.3) is 0 Å². The van der Waals surface area contributed by atoms with Crippen LogP contribution in [0.3, 0.4) is 0 Å². The van der Waals surface area contributed by atoms with Crippen molar-refractivity contribution in [3.8, 4) is 0 Å². The Morgan fingerprint density at radius 3 is 2.27 bits per heavy atom. The van der Waals surface area contributed by atoms with Gasteiger partial charge in [0.1, 0.15) is 12.3 Å². The first-order chi connectivity index (χ1) is 21.4. The summed E-state index contributed by atoms with van der Waals surface area (Å²) in [5, 5.41) is 0. The maximum atomic E-state index is 12.2. The van der Waals surface area contributed by atoms with Crippen LogP contribution in [0, 0.1) is 19.8 Å². The fourth-order valence-electron chi connectivity index (χ4n) is 7.80. The van der Waals surface area contributed by atoms with E-state index in [1.165, 1.54) is 64.9 Å². The molecule has 0 spiro atoms. The quantitative estimate of drug-likeness (QED) is 0.112. The number of unbranched alkanes of at least 4 members (excludes halogenated alkanes) is 3. The molecular weight excluding hydrogens is 546 g/mol. The molecule has 2 aliphatic rings. The highest BCUT2D eigenvalue weighted by molar-refractivity contribution is 6.03. The topological polar surface area (TPSA) is 20.1 Å². The Labute approximate surface area is 275 Å². The normalized spacial score (nSPS) is 21.6. The number of benzene rings is 2. The minimum atomic E-state index is -0.0204. The van der Waals surface area contributed by atoms with E-state index in [1.807, 2.05) is 13.8 Å². The number of Topliss-reactive ketones (excluding diaryl/α,β-unsaturated/α-hetero) is 1. The maximum Gasteiger partial charge on any atom is 0.209 e. The van der Waals surface area contributed by atoms with E-state index in [2.05, 4.69) is 120 Å². The average molecular weight is 607 g/mol. The monoisotopic (exact) mass is 606 g/mol. The van der Waals surface area contributed by atoms with Crippen LogP contribution in [0.5, 0.6) is 0 Å². The largest absolute Gasteiger partial charge is 0.299 e. The molecule has 2 aromatic rings. The summed E-state index contributed by atoms with van der Waals surface area (Å²) in [5.74, 6) is 1.02. The molecule has 1 heterocycles. The van der Waals surface area contributed by atoms with Crippen molar-refractivity contribution in [3.05, 3.63) is 100 Å². The Bertz CT molecular complexity index is 1480. The Morgan fingerprint density at radius 2 is 1.58 bits per heavy atom. The Kier molecular flexibility index (Phi) is 11.7. The minimum absolute atomic E-state index is 0.0204. The Balaban J connectivity index is 1.61. The van der Waals surface area contributed by atoms with Crippen molar-refractivity contribution in [3.63, 3.8) is 0 Å². The molecule has 2 heteroatoms. The molecule has 0 bridgehead atoms. The van der Waals surface area contributed by atoms with Gasteiger partial charge in [-0.05, 0) is 64.2 Å². The van der Waals surface area contributed by atoms with Gasteiger partial charge in [0.2, 0.25) is 5.69 Å². The highest BCUT2D eigenvalue weighted by Gasteiger charge is 2.45. The molecule has 2 atom stereocenters. The van der Waals surface area contributed by atoms with E-state index in [9.17, 15) is 4.79 Å². The maximum absolute atomic E-state index is 12.2. The van der Waals surface area contributed by atoms with Crippen molar-refractivity contribution in [2.45, 2.75) is 137 Å². The number of carbonyl (C=O) groups is 1. The van der Waals surface area contributed by atoms with E-state index in [-0.39, 0.29) is 16.7 Å². The number of allylic oxidation sites excluding steroid dienone is 6. The van der Waals surface area contributed by atoms with Crippen molar-refractivity contribution in [1.29, 1.82) is 0 Å². The van der Waals surface area contributed by atoms with E-state index in [4.69, 9.17) is 0 Å². The van der Waals surface area contributed by atoms with Gasteiger partial charge < -0.3 is 0 Å². The molecule has 0 saturated heterocycles. The zero-order valence-corrected chi connectivity index (χ0v) is 29.9. The van der Waals surface area contributed by atoms with Crippen molar-refractivity contribution in [1.82, 2.24) is 0 Å². The predicted octanol–water partition coefficient (Wildman–Crippen LogP) is 11.5. The number of carbonyl (C=O) groups excluding carboxylic acids is 1. The summed E-state index contributed by atoms with van der Waals surface area (Å²) in [4.78, 5) is 12.2. The molecule has 0 aromatic heterocycles. The lowest BCUT2D eigenvalue weighted by Gasteiger charge is -2.30. The van der Waals surface area contributed by atoms with Crippen LogP contribution in [-0.4, -0.2) is 22.6 Å². The summed E-state index contributed by atoms with van der Waals surface area (Å²) in [6.07, 6.45) is 21.5. The van der Waals surface area contributed by atoms with Crippen molar-refractivity contribution in [2.24, 2.45) is 5.92 Å². The van der Waals surface area contributed by atoms with Crippen molar-refractivity contribution in [2.75, 3.05) is 6.54 Å². The van der Waals surface area contributed by atoms with Crippen molar-refractivity contribution < 1.29 is 9.37 Å². The molecule has 4 rings (SSSR count). The molecule has 2 unspecified atom stereocenters. The molecular formula is C43H60NO+. The molecule has 242 valence electrons. The highest BCUT2D eigenvalue weighted by Crippen LogP contribution is 2.54. The first-order valence-corrected chi connectivity index (χ1v) is 17.9. The van der Waals surface area contributed by atoms with Gasteiger partial charge in [0.05, 0.1) is 5.41 Å². The molecule has 0 fully saturated rings. The summed E-state index contributed by atoms with van der Waals surface area (Å²) < 4.78 is 2.56.